The van der Waals surface area contributed by atoms with E-state index in [0.717, 1.165) is 34.3 Å². The van der Waals surface area contributed by atoms with E-state index in [1.54, 1.807) is 20.1 Å². The summed E-state index contributed by atoms with van der Waals surface area (Å²) in [6.45, 7) is 9.99. The number of ether oxygens (including phenoxy) is 2. The van der Waals surface area contributed by atoms with Gasteiger partial charge in [0.1, 0.15) is 11.8 Å². The molecule has 31 heavy (non-hydrogen) atoms. The summed E-state index contributed by atoms with van der Waals surface area (Å²) in [7, 11) is 3.66. The van der Waals surface area contributed by atoms with Gasteiger partial charge in [-0.25, -0.2) is 4.79 Å². The van der Waals surface area contributed by atoms with Crippen molar-refractivity contribution in [1.82, 2.24) is 4.90 Å². The lowest BCUT2D eigenvalue weighted by Crippen LogP contribution is -2.45. The molecule has 7 nitrogen and oxygen atoms in total. The number of hydrogen-bond donors (Lipinski definition) is 0. The van der Waals surface area contributed by atoms with Gasteiger partial charge in [-0.1, -0.05) is 6.92 Å². The molecule has 8 heteroatoms. The van der Waals surface area contributed by atoms with Gasteiger partial charge < -0.3 is 14.4 Å². The van der Waals surface area contributed by atoms with Crippen LogP contribution in [0.2, 0.25) is 0 Å². The molecule has 1 aromatic carbocycles. The van der Waals surface area contributed by atoms with Gasteiger partial charge in [-0.2, -0.15) is 0 Å². The number of esters is 1. The van der Waals surface area contributed by atoms with Crippen molar-refractivity contribution in [2.75, 3.05) is 25.7 Å². The molecular weight excluding hydrogens is 416 g/mol. The van der Waals surface area contributed by atoms with E-state index in [-0.39, 0.29) is 17.1 Å². The van der Waals surface area contributed by atoms with Crippen molar-refractivity contribution in [3.63, 3.8) is 0 Å². The molecule has 1 saturated heterocycles. The predicted octanol–water partition coefficient (Wildman–Crippen LogP) is 4.41. The molecule has 0 bridgehead atoms. The van der Waals surface area contributed by atoms with Gasteiger partial charge in [0.15, 0.2) is 0 Å². The SMILES string of the molecule is CCOC(=O)C(C)N1C(=O)S/C(=C\c2cc3c(cc2OC)N(C)C(C)(C)CC3C)C1=O. The van der Waals surface area contributed by atoms with Gasteiger partial charge in [0.25, 0.3) is 11.1 Å². The smallest absolute Gasteiger partial charge is 0.329 e. The normalized spacial score (nSPS) is 22.5. The summed E-state index contributed by atoms with van der Waals surface area (Å²) < 4.78 is 10.6. The number of benzene rings is 1. The second-order valence-corrected chi connectivity index (χ2v) is 9.60. The van der Waals surface area contributed by atoms with E-state index in [0.29, 0.717) is 11.7 Å². The van der Waals surface area contributed by atoms with Crippen LogP contribution in [-0.2, 0) is 14.3 Å². The van der Waals surface area contributed by atoms with Crippen LogP contribution in [0.4, 0.5) is 10.5 Å². The van der Waals surface area contributed by atoms with Gasteiger partial charge in [0, 0.05) is 29.9 Å². The molecule has 2 atom stereocenters. The lowest BCUT2D eigenvalue weighted by atomic mass is 9.80. The molecule has 0 aliphatic carbocycles. The maximum absolute atomic E-state index is 12.9. The summed E-state index contributed by atoms with van der Waals surface area (Å²) in [5.41, 5.74) is 3.02. The summed E-state index contributed by atoms with van der Waals surface area (Å²) in [6.07, 6.45) is 2.67. The van der Waals surface area contributed by atoms with E-state index in [4.69, 9.17) is 9.47 Å². The van der Waals surface area contributed by atoms with Crippen LogP contribution in [0.15, 0.2) is 17.0 Å². The molecule has 2 heterocycles. The molecule has 2 unspecified atom stereocenters. The van der Waals surface area contributed by atoms with Crippen LogP contribution >= 0.6 is 11.8 Å². The Morgan fingerprint density at radius 1 is 1.35 bits per heavy atom. The number of carbonyl (C=O) groups excluding carboxylic acids is 3. The molecule has 2 aliphatic heterocycles. The van der Waals surface area contributed by atoms with Crippen LogP contribution < -0.4 is 9.64 Å². The lowest BCUT2D eigenvalue weighted by Gasteiger charge is -2.45. The molecule has 3 rings (SSSR count). The van der Waals surface area contributed by atoms with Crippen LogP contribution in [0.3, 0.4) is 0 Å². The zero-order valence-corrected chi connectivity index (χ0v) is 20.0. The third-order valence-electron chi connectivity index (χ3n) is 6.11. The number of nitrogens with zero attached hydrogens (tertiary/aromatic N) is 2. The van der Waals surface area contributed by atoms with Crippen molar-refractivity contribution in [3.8, 4) is 5.75 Å². The third-order valence-corrected chi connectivity index (χ3v) is 6.99. The van der Waals surface area contributed by atoms with E-state index < -0.39 is 23.2 Å². The molecule has 0 N–H and O–H groups in total. The standard InChI is InChI=1S/C23H30N2O5S/c1-8-30-21(27)14(3)25-20(26)19(31-22(25)28)10-15-9-16-13(2)12-23(4,5)24(6)17(16)11-18(15)29-7/h9-11,13-14H,8,12H2,1-7H3/b19-10-. The lowest BCUT2D eigenvalue weighted by molar-refractivity contribution is -0.150. The molecule has 0 aromatic heterocycles. The molecule has 2 amide bonds. The third kappa shape index (κ3) is 4.18. The summed E-state index contributed by atoms with van der Waals surface area (Å²) in [6, 6.07) is 3.05. The highest BCUT2D eigenvalue weighted by Crippen LogP contribution is 2.46. The van der Waals surface area contributed by atoms with Crippen LogP contribution in [0.25, 0.3) is 6.08 Å². The monoisotopic (exact) mass is 446 g/mol. The Morgan fingerprint density at radius 2 is 2.03 bits per heavy atom. The van der Waals surface area contributed by atoms with Crippen molar-refractivity contribution < 1.29 is 23.9 Å². The summed E-state index contributed by atoms with van der Waals surface area (Å²) in [4.78, 5) is 40.9. The molecule has 2 aliphatic rings. The van der Waals surface area contributed by atoms with Gasteiger partial charge in [0.2, 0.25) is 0 Å². The number of methoxy groups -OCH3 is 1. The second-order valence-electron chi connectivity index (χ2n) is 8.61. The number of fused-ring (bicyclic) bond motifs is 1. The Balaban J connectivity index is 1.99. The van der Waals surface area contributed by atoms with Gasteiger partial charge in [-0.05, 0) is 69.5 Å². The first-order valence-corrected chi connectivity index (χ1v) is 11.2. The van der Waals surface area contributed by atoms with Gasteiger partial charge in [0.05, 0.1) is 18.6 Å². The van der Waals surface area contributed by atoms with Crippen molar-refractivity contribution >= 4 is 40.6 Å². The molecule has 1 aromatic rings. The van der Waals surface area contributed by atoms with Gasteiger partial charge in [-0.15, -0.1) is 0 Å². The van der Waals surface area contributed by atoms with E-state index >= 15 is 0 Å². The van der Waals surface area contributed by atoms with Gasteiger partial charge in [-0.3, -0.25) is 14.5 Å². The first kappa shape index (κ1) is 23.2. The largest absolute Gasteiger partial charge is 0.496 e. The minimum absolute atomic E-state index is 0.0187. The van der Waals surface area contributed by atoms with E-state index in [2.05, 4.69) is 32.7 Å². The maximum Gasteiger partial charge on any atom is 0.329 e. The highest BCUT2D eigenvalue weighted by molar-refractivity contribution is 8.18. The summed E-state index contributed by atoms with van der Waals surface area (Å²) >= 11 is 0.823. The molecule has 0 radical (unpaired) electrons. The summed E-state index contributed by atoms with van der Waals surface area (Å²) in [5, 5.41) is -0.483. The van der Waals surface area contributed by atoms with E-state index in [1.807, 2.05) is 12.1 Å². The van der Waals surface area contributed by atoms with Gasteiger partial charge >= 0.3 is 5.97 Å². The molecule has 0 saturated carbocycles. The Morgan fingerprint density at radius 3 is 2.65 bits per heavy atom. The Hall–Kier alpha value is -2.48. The highest BCUT2D eigenvalue weighted by Gasteiger charge is 2.42. The maximum atomic E-state index is 12.9. The zero-order valence-electron chi connectivity index (χ0n) is 19.1. The fourth-order valence-electron chi connectivity index (χ4n) is 4.22. The number of carbonyl (C=O) groups is 3. The minimum Gasteiger partial charge on any atom is -0.496 e. The topological polar surface area (TPSA) is 76.2 Å². The molecular formula is C23H30N2O5S. The molecule has 1 fully saturated rings. The van der Waals surface area contributed by atoms with Crippen LogP contribution in [-0.4, -0.2) is 54.4 Å². The number of thioether (sulfide) groups is 1. The molecule has 168 valence electrons. The van der Waals surface area contributed by atoms with Crippen LogP contribution in [0.5, 0.6) is 5.75 Å². The highest BCUT2D eigenvalue weighted by atomic mass is 32.2. The average molecular weight is 447 g/mol. The zero-order chi connectivity index (χ0) is 23.1. The number of anilines is 1. The minimum atomic E-state index is -0.973. The molecule has 0 spiro atoms. The Kier molecular flexibility index (Phi) is 6.41. The van der Waals surface area contributed by atoms with Crippen LogP contribution in [0.1, 0.15) is 58.1 Å². The summed E-state index contributed by atoms with van der Waals surface area (Å²) in [5.74, 6) is -0.141. The van der Waals surface area contributed by atoms with Crippen LogP contribution in [0, 0.1) is 0 Å². The average Bonchev–Trinajstić information content (AvgIpc) is 2.98. The van der Waals surface area contributed by atoms with Crippen molar-refractivity contribution in [1.29, 1.82) is 0 Å². The fraction of sp³-hybridized carbons (Fsp3) is 0.522. The van der Waals surface area contributed by atoms with Crippen molar-refractivity contribution in [2.45, 2.75) is 58.5 Å². The predicted molar refractivity (Wildman–Crippen MR) is 122 cm³/mol. The van der Waals surface area contributed by atoms with E-state index in [9.17, 15) is 14.4 Å². The quantitative estimate of drug-likeness (QED) is 0.490. The number of rotatable bonds is 5. The number of hydrogen-bond acceptors (Lipinski definition) is 7. The number of imide groups is 1. The first-order valence-electron chi connectivity index (χ1n) is 10.4. The first-order chi connectivity index (χ1) is 14.5. The number of amides is 2. The van der Waals surface area contributed by atoms with Crippen molar-refractivity contribution in [2.24, 2.45) is 0 Å². The van der Waals surface area contributed by atoms with E-state index in [1.165, 1.54) is 12.5 Å². The Labute approximate surface area is 187 Å². The Bertz CT molecular complexity index is 956. The fourth-order valence-corrected chi connectivity index (χ4v) is 5.12. The second kappa shape index (κ2) is 8.57. The van der Waals surface area contributed by atoms with Crippen molar-refractivity contribution in [3.05, 3.63) is 28.2 Å².